The van der Waals surface area contributed by atoms with E-state index in [1.54, 1.807) is 12.1 Å². The van der Waals surface area contributed by atoms with Crippen LogP contribution < -0.4 is 5.73 Å². The normalized spacial score (nSPS) is 11.1. The number of carbonyl (C=O) groups excluding carboxylic acids is 1. The first-order valence-corrected chi connectivity index (χ1v) is 6.44. The van der Waals surface area contributed by atoms with Crippen LogP contribution >= 0.6 is 12.4 Å². The van der Waals surface area contributed by atoms with E-state index in [1.165, 1.54) is 12.7 Å². The lowest BCUT2D eigenvalue weighted by atomic mass is 9.93. The predicted octanol–water partition coefficient (Wildman–Crippen LogP) is 2.31. The molecule has 0 aliphatic rings. The van der Waals surface area contributed by atoms with Crippen LogP contribution in [0.1, 0.15) is 29.8 Å². The molecule has 0 heterocycles. The van der Waals surface area contributed by atoms with Gasteiger partial charge in [-0.25, -0.2) is 4.79 Å². The van der Waals surface area contributed by atoms with Gasteiger partial charge in [0.25, 0.3) is 0 Å². The zero-order valence-electron chi connectivity index (χ0n) is 12.7. The summed E-state index contributed by atoms with van der Waals surface area (Å²) in [4.78, 5) is 13.6. The molecule has 0 spiro atoms. The second-order valence-electron chi connectivity index (χ2n) is 5.73. The summed E-state index contributed by atoms with van der Waals surface area (Å²) in [6.45, 7) is 6.75. The Balaban J connectivity index is 0.00000361. The molecule has 1 rings (SSSR count). The van der Waals surface area contributed by atoms with Crippen molar-refractivity contribution in [3.63, 3.8) is 0 Å². The lowest BCUT2D eigenvalue weighted by Gasteiger charge is -2.29. The zero-order valence-corrected chi connectivity index (χ0v) is 13.5. The van der Waals surface area contributed by atoms with Gasteiger partial charge in [0.15, 0.2) is 0 Å². The molecule has 4 nitrogen and oxygen atoms in total. The van der Waals surface area contributed by atoms with Crippen LogP contribution in [0.25, 0.3) is 0 Å². The SMILES string of the molecule is COC(=O)c1ccc(CN(C)CC(C)(C)CN)cc1.Cl. The van der Waals surface area contributed by atoms with Gasteiger partial charge >= 0.3 is 5.97 Å². The molecule has 0 bridgehead atoms. The predicted molar refractivity (Wildman–Crippen MR) is 84.2 cm³/mol. The number of carbonyl (C=O) groups is 1. The van der Waals surface area contributed by atoms with Gasteiger partial charge in [-0.15, -0.1) is 12.4 Å². The van der Waals surface area contributed by atoms with E-state index in [-0.39, 0.29) is 23.8 Å². The van der Waals surface area contributed by atoms with Crippen LogP contribution in [0, 0.1) is 5.41 Å². The second-order valence-corrected chi connectivity index (χ2v) is 5.73. The number of hydrogen-bond acceptors (Lipinski definition) is 4. The van der Waals surface area contributed by atoms with E-state index in [0.717, 1.165) is 13.1 Å². The molecule has 0 unspecified atom stereocenters. The average Bonchev–Trinajstić information content (AvgIpc) is 2.38. The van der Waals surface area contributed by atoms with Gasteiger partial charge in [0.2, 0.25) is 0 Å². The first-order valence-electron chi connectivity index (χ1n) is 6.44. The fraction of sp³-hybridized carbons (Fsp3) is 0.533. The quantitative estimate of drug-likeness (QED) is 0.819. The standard InChI is InChI=1S/C15H24N2O2.ClH/c1-15(2,10-16)11-17(3)9-12-5-7-13(8-6-12)14(18)19-4;/h5-8H,9-11,16H2,1-4H3;1H. The third-order valence-corrected chi connectivity index (χ3v) is 3.08. The molecule has 20 heavy (non-hydrogen) atoms. The number of esters is 1. The van der Waals surface area contributed by atoms with Crippen LogP contribution in [-0.4, -0.2) is 38.1 Å². The number of halogens is 1. The molecule has 0 aromatic heterocycles. The summed E-state index contributed by atoms with van der Waals surface area (Å²) < 4.78 is 4.67. The Labute approximate surface area is 127 Å². The fourth-order valence-electron chi connectivity index (χ4n) is 2.03. The maximum atomic E-state index is 11.3. The van der Waals surface area contributed by atoms with Crippen molar-refractivity contribution in [1.29, 1.82) is 0 Å². The minimum Gasteiger partial charge on any atom is -0.465 e. The van der Waals surface area contributed by atoms with Gasteiger partial charge in [-0.2, -0.15) is 0 Å². The van der Waals surface area contributed by atoms with E-state index in [0.29, 0.717) is 12.1 Å². The number of benzene rings is 1. The van der Waals surface area contributed by atoms with Gasteiger partial charge in [0, 0.05) is 13.1 Å². The van der Waals surface area contributed by atoms with Crippen molar-refractivity contribution >= 4 is 18.4 Å². The third kappa shape index (κ3) is 5.90. The minimum absolute atomic E-state index is 0. The summed E-state index contributed by atoms with van der Waals surface area (Å²) in [6.07, 6.45) is 0. The van der Waals surface area contributed by atoms with Gasteiger partial charge < -0.3 is 15.4 Å². The number of ether oxygens (including phenoxy) is 1. The topological polar surface area (TPSA) is 55.6 Å². The molecule has 0 amide bonds. The molecule has 5 heteroatoms. The van der Waals surface area contributed by atoms with Crippen LogP contribution in [0.4, 0.5) is 0 Å². The van der Waals surface area contributed by atoms with Crippen molar-refractivity contribution < 1.29 is 9.53 Å². The summed E-state index contributed by atoms with van der Waals surface area (Å²) in [7, 11) is 3.46. The Kier molecular flexibility index (Phi) is 7.79. The summed E-state index contributed by atoms with van der Waals surface area (Å²) in [6, 6.07) is 7.50. The Bertz CT molecular complexity index is 418. The van der Waals surface area contributed by atoms with Crippen molar-refractivity contribution in [3.8, 4) is 0 Å². The van der Waals surface area contributed by atoms with E-state index in [4.69, 9.17) is 5.73 Å². The first-order chi connectivity index (χ1) is 8.88. The van der Waals surface area contributed by atoms with Gasteiger partial charge in [-0.05, 0) is 36.7 Å². The van der Waals surface area contributed by atoms with Crippen molar-refractivity contribution in [2.24, 2.45) is 11.1 Å². The van der Waals surface area contributed by atoms with Crippen LogP contribution in [0.3, 0.4) is 0 Å². The van der Waals surface area contributed by atoms with Gasteiger partial charge in [0.05, 0.1) is 12.7 Å². The first kappa shape index (κ1) is 18.9. The molecule has 0 aliphatic carbocycles. The monoisotopic (exact) mass is 300 g/mol. The minimum atomic E-state index is -0.302. The highest BCUT2D eigenvalue weighted by molar-refractivity contribution is 5.89. The van der Waals surface area contributed by atoms with Crippen molar-refractivity contribution in [1.82, 2.24) is 4.90 Å². The van der Waals surface area contributed by atoms with E-state index >= 15 is 0 Å². The van der Waals surface area contributed by atoms with Crippen LogP contribution in [0.5, 0.6) is 0 Å². The van der Waals surface area contributed by atoms with Crippen LogP contribution in [0.15, 0.2) is 24.3 Å². The molecular formula is C15H25ClN2O2. The van der Waals surface area contributed by atoms with Crippen molar-refractivity contribution in [3.05, 3.63) is 35.4 Å². The lowest BCUT2D eigenvalue weighted by Crippen LogP contribution is -2.36. The Morgan fingerprint density at radius 1 is 1.30 bits per heavy atom. The number of hydrogen-bond donors (Lipinski definition) is 1. The summed E-state index contributed by atoms with van der Waals surface area (Å²) in [5, 5.41) is 0. The average molecular weight is 301 g/mol. The van der Waals surface area contributed by atoms with Crippen molar-refractivity contribution in [2.45, 2.75) is 20.4 Å². The summed E-state index contributed by atoms with van der Waals surface area (Å²) in [5.41, 5.74) is 7.60. The van der Waals surface area contributed by atoms with Crippen LogP contribution in [0.2, 0.25) is 0 Å². The fourth-order valence-corrected chi connectivity index (χ4v) is 2.03. The molecule has 0 saturated heterocycles. The maximum Gasteiger partial charge on any atom is 0.337 e. The van der Waals surface area contributed by atoms with Gasteiger partial charge in [-0.1, -0.05) is 26.0 Å². The molecular weight excluding hydrogens is 276 g/mol. The molecule has 0 aliphatic heterocycles. The number of nitrogens with zero attached hydrogens (tertiary/aromatic N) is 1. The number of nitrogens with two attached hydrogens (primary N) is 1. The van der Waals surface area contributed by atoms with Gasteiger partial charge in [-0.3, -0.25) is 0 Å². The molecule has 114 valence electrons. The molecule has 0 saturated carbocycles. The molecule has 0 radical (unpaired) electrons. The third-order valence-electron chi connectivity index (χ3n) is 3.08. The highest BCUT2D eigenvalue weighted by atomic mass is 35.5. The van der Waals surface area contributed by atoms with Crippen molar-refractivity contribution in [2.75, 3.05) is 27.2 Å². The molecule has 2 N–H and O–H groups in total. The Hall–Kier alpha value is -1.10. The van der Waals surface area contributed by atoms with E-state index < -0.39 is 0 Å². The van der Waals surface area contributed by atoms with E-state index in [9.17, 15) is 4.79 Å². The second kappa shape index (κ2) is 8.25. The Morgan fingerprint density at radius 2 is 1.85 bits per heavy atom. The molecule has 0 atom stereocenters. The number of methoxy groups -OCH3 is 1. The zero-order chi connectivity index (χ0) is 14.5. The highest BCUT2D eigenvalue weighted by Gasteiger charge is 2.18. The molecule has 0 fully saturated rings. The Morgan fingerprint density at radius 3 is 2.30 bits per heavy atom. The van der Waals surface area contributed by atoms with Crippen LogP contribution in [-0.2, 0) is 11.3 Å². The summed E-state index contributed by atoms with van der Waals surface area (Å²) in [5.74, 6) is -0.302. The highest BCUT2D eigenvalue weighted by Crippen LogP contribution is 2.16. The maximum absolute atomic E-state index is 11.3. The van der Waals surface area contributed by atoms with E-state index in [1.807, 2.05) is 12.1 Å². The summed E-state index contributed by atoms with van der Waals surface area (Å²) >= 11 is 0. The lowest BCUT2D eigenvalue weighted by molar-refractivity contribution is 0.0600. The molecule has 1 aromatic carbocycles. The molecule has 1 aromatic rings. The van der Waals surface area contributed by atoms with E-state index in [2.05, 4.69) is 30.5 Å². The number of rotatable bonds is 6. The van der Waals surface area contributed by atoms with Gasteiger partial charge in [0.1, 0.15) is 0 Å². The smallest absolute Gasteiger partial charge is 0.337 e. The largest absolute Gasteiger partial charge is 0.465 e.